The van der Waals surface area contributed by atoms with Crippen molar-refractivity contribution in [1.82, 2.24) is 29.5 Å². The molecule has 30 heavy (non-hydrogen) atoms. The van der Waals surface area contributed by atoms with Crippen molar-refractivity contribution in [2.75, 3.05) is 19.6 Å². The molecule has 0 saturated carbocycles. The van der Waals surface area contributed by atoms with E-state index >= 15 is 0 Å². The topological polar surface area (TPSA) is 79.4 Å². The van der Waals surface area contributed by atoms with Crippen molar-refractivity contribution >= 4 is 5.65 Å². The minimum Gasteiger partial charge on any atom is -0.507 e. The Morgan fingerprint density at radius 3 is 2.57 bits per heavy atom. The largest absolute Gasteiger partial charge is 0.507 e. The third-order valence-electron chi connectivity index (χ3n) is 5.81. The van der Waals surface area contributed by atoms with Crippen LogP contribution in [0, 0.1) is 13.8 Å². The first-order valence-corrected chi connectivity index (χ1v) is 10.2. The number of nitrogens with zero attached hydrogens (tertiary/aromatic N) is 6. The molecule has 7 heteroatoms. The summed E-state index contributed by atoms with van der Waals surface area (Å²) in [6.07, 6.45) is 3.92. The van der Waals surface area contributed by atoms with E-state index in [0.29, 0.717) is 17.2 Å². The number of likely N-dealkylation sites (N-methyl/N-ethyl adjacent to an activating group) is 1. The molecule has 5 rings (SSSR count). The number of aromatic hydroxyl groups is 1. The Labute approximate surface area is 175 Å². The Morgan fingerprint density at radius 1 is 1.00 bits per heavy atom. The molecule has 0 aliphatic carbocycles. The van der Waals surface area contributed by atoms with E-state index in [4.69, 9.17) is 4.98 Å². The Bertz CT molecular complexity index is 1220. The van der Waals surface area contributed by atoms with Crippen LogP contribution in [0.25, 0.3) is 28.2 Å². The SMILES string of the molecule is CCN1CC(c2ccc(-c3c(O)cccc3-c3cn4cc(C)nc4c(C)n3)nn2)C1. The van der Waals surface area contributed by atoms with E-state index in [2.05, 4.69) is 27.0 Å². The van der Waals surface area contributed by atoms with Crippen molar-refractivity contribution in [3.8, 4) is 28.3 Å². The second kappa shape index (κ2) is 7.18. The molecule has 3 aromatic heterocycles. The van der Waals surface area contributed by atoms with Gasteiger partial charge in [-0.1, -0.05) is 19.1 Å². The van der Waals surface area contributed by atoms with Gasteiger partial charge in [0.25, 0.3) is 0 Å². The molecule has 1 N–H and O–H groups in total. The van der Waals surface area contributed by atoms with Crippen LogP contribution in [-0.4, -0.2) is 54.2 Å². The highest BCUT2D eigenvalue weighted by atomic mass is 16.3. The highest BCUT2D eigenvalue weighted by Gasteiger charge is 2.28. The smallest absolute Gasteiger partial charge is 0.158 e. The van der Waals surface area contributed by atoms with E-state index in [1.54, 1.807) is 6.07 Å². The molecule has 4 aromatic rings. The molecule has 0 atom stereocenters. The number of hydrogen-bond acceptors (Lipinski definition) is 6. The van der Waals surface area contributed by atoms with Crippen LogP contribution in [0.15, 0.2) is 42.7 Å². The monoisotopic (exact) mass is 400 g/mol. The number of hydrogen-bond donors (Lipinski definition) is 1. The number of fused-ring (bicyclic) bond motifs is 1. The molecule has 0 bridgehead atoms. The Morgan fingerprint density at radius 2 is 1.83 bits per heavy atom. The summed E-state index contributed by atoms with van der Waals surface area (Å²) in [5.74, 6) is 0.600. The average molecular weight is 400 g/mol. The summed E-state index contributed by atoms with van der Waals surface area (Å²) in [5, 5.41) is 19.6. The van der Waals surface area contributed by atoms with Gasteiger partial charge in [-0.05, 0) is 38.6 Å². The summed E-state index contributed by atoms with van der Waals surface area (Å²) >= 11 is 0. The van der Waals surface area contributed by atoms with Gasteiger partial charge in [0.05, 0.1) is 34.0 Å². The zero-order valence-electron chi connectivity index (χ0n) is 17.4. The van der Waals surface area contributed by atoms with Crippen molar-refractivity contribution in [1.29, 1.82) is 0 Å². The van der Waals surface area contributed by atoms with Gasteiger partial charge in [-0.15, -0.1) is 0 Å². The van der Waals surface area contributed by atoms with E-state index in [-0.39, 0.29) is 5.75 Å². The normalized spacial score (nSPS) is 14.9. The molecule has 1 aliphatic heterocycles. The fraction of sp³-hybridized carbons (Fsp3) is 0.304. The van der Waals surface area contributed by atoms with E-state index in [9.17, 15) is 5.11 Å². The number of benzene rings is 1. The number of aryl methyl sites for hydroxylation is 2. The zero-order chi connectivity index (χ0) is 20.8. The number of phenols is 1. The number of phenolic OH excluding ortho intramolecular Hbond substituents is 1. The Balaban J connectivity index is 1.56. The van der Waals surface area contributed by atoms with Crippen molar-refractivity contribution in [2.24, 2.45) is 0 Å². The second-order valence-corrected chi connectivity index (χ2v) is 7.92. The van der Waals surface area contributed by atoms with Gasteiger partial charge < -0.3 is 14.4 Å². The number of rotatable bonds is 4. The van der Waals surface area contributed by atoms with Gasteiger partial charge in [-0.3, -0.25) is 0 Å². The maximum Gasteiger partial charge on any atom is 0.158 e. The maximum atomic E-state index is 10.7. The van der Waals surface area contributed by atoms with Gasteiger partial charge in [-0.25, -0.2) is 9.97 Å². The van der Waals surface area contributed by atoms with Crippen molar-refractivity contribution in [2.45, 2.75) is 26.7 Å². The minimum absolute atomic E-state index is 0.164. The summed E-state index contributed by atoms with van der Waals surface area (Å²) in [6, 6.07) is 9.42. The summed E-state index contributed by atoms with van der Waals surface area (Å²) in [5.41, 5.74) is 6.46. The van der Waals surface area contributed by atoms with Crippen molar-refractivity contribution in [3.05, 3.63) is 59.8 Å². The first-order chi connectivity index (χ1) is 14.5. The molecular weight excluding hydrogens is 376 g/mol. The van der Waals surface area contributed by atoms with Crippen LogP contribution >= 0.6 is 0 Å². The lowest BCUT2D eigenvalue weighted by Gasteiger charge is -2.37. The highest BCUT2D eigenvalue weighted by Crippen LogP contribution is 2.37. The first kappa shape index (κ1) is 18.7. The molecule has 0 amide bonds. The predicted molar refractivity (Wildman–Crippen MR) is 115 cm³/mol. The van der Waals surface area contributed by atoms with Crippen LogP contribution < -0.4 is 0 Å². The lowest BCUT2D eigenvalue weighted by atomic mass is 9.95. The van der Waals surface area contributed by atoms with Crippen LogP contribution in [0.1, 0.15) is 29.9 Å². The van der Waals surface area contributed by atoms with Crippen molar-refractivity contribution in [3.63, 3.8) is 0 Å². The van der Waals surface area contributed by atoms with E-state index < -0.39 is 0 Å². The van der Waals surface area contributed by atoms with Gasteiger partial charge in [0.1, 0.15) is 5.75 Å². The molecular formula is C23H24N6O. The van der Waals surface area contributed by atoms with Gasteiger partial charge in [-0.2, -0.15) is 10.2 Å². The maximum absolute atomic E-state index is 10.7. The molecule has 1 aliphatic rings. The molecule has 1 fully saturated rings. The molecule has 0 unspecified atom stereocenters. The minimum atomic E-state index is 0.164. The summed E-state index contributed by atoms with van der Waals surface area (Å²) < 4.78 is 1.98. The van der Waals surface area contributed by atoms with Crippen LogP contribution in [0.5, 0.6) is 5.75 Å². The average Bonchev–Trinajstić information content (AvgIpc) is 3.08. The molecule has 4 heterocycles. The molecule has 152 valence electrons. The van der Waals surface area contributed by atoms with E-state index in [0.717, 1.165) is 53.6 Å². The van der Waals surface area contributed by atoms with Gasteiger partial charge in [0.15, 0.2) is 5.65 Å². The first-order valence-electron chi connectivity index (χ1n) is 10.2. The van der Waals surface area contributed by atoms with Crippen LogP contribution in [-0.2, 0) is 0 Å². The molecule has 0 spiro atoms. The predicted octanol–water partition coefficient (Wildman–Crippen LogP) is 3.59. The number of likely N-dealkylation sites (tertiary alicyclic amines) is 1. The van der Waals surface area contributed by atoms with Gasteiger partial charge in [0, 0.05) is 37.0 Å². The zero-order valence-corrected chi connectivity index (χ0v) is 17.4. The second-order valence-electron chi connectivity index (χ2n) is 7.92. The molecule has 1 saturated heterocycles. The van der Waals surface area contributed by atoms with Gasteiger partial charge >= 0.3 is 0 Å². The van der Waals surface area contributed by atoms with Crippen LogP contribution in [0.3, 0.4) is 0 Å². The lowest BCUT2D eigenvalue weighted by molar-refractivity contribution is 0.154. The standard InChI is InChI=1S/C23H24N6O/c1-4-28-11-16(12-28)18-8-9-19(27-26-18)22-17(6-5-7-21(22)30)20-13-29-10-14(2)24-23(29)15(3)25-20/h5-10,13,16,30H,4,11-12H2,1-3H3. The molecule has 0 radical (unpaired) electrons. The fourth-order valence-corrected chi connectivity index (χ4v) is 4.13. The summed E-state index contributed by atoms with van der Waals surface area (Å²) in [4.78, 5) is 11.7. The number of imidazole rings is 1. The van der Waals surface area contributed by atoms with Gasteiger partial charge in [0.2, 0.25) is 0 Å². The fourth-order valence-electron chi connectivity index (χ4n) is 4.13. The van der Waals surface area contributed by atoms with Crippen LogP contribution in [0.4, 0.5) is 0 Å². The van der Waals surface area contributed by atoms with E-state index in [1.165, 1.54) is 0 Å². The molecule has 1 aromatic carbocycles. The third-order valence-corrected chi connectivity index (χ3v) is 5.81. The van der Waals surface area contributed by atoms with Crippen molar-refractivity contribution < 1.29 is 5.11 Å². The quantitative estimate of drug-likeness (QED) is 0.564. The highest BCUT2D eigenvalue weighted by molar-refractivity contribution is 5.84. The van der Waals surface area contributed by atoms with Crippen LogP contribution in [0.2, 0.25) is 0 Å². The number of aromatic nitrogens is 5. The lowest BCUT2D eigenvalue weighted by Crippen LogP contribution is -2.44. The molecule has 7 nitrogen and oxygen atoms in total. The Kier molecular flexibility index (Phi) is 4.47. The summed E-state index contributed by atoms with van der Waals surface area (Å²) in [7, 11) is 0. The van der Waals surface area contributed by atoms with E-state index in [1.807, 2.05) is 54.9 Å². The third kappa shape index (κ3) is 3.11. The summed E-state index contributed by atoms with van der Waals surface area (Å²) in [6.45, 7) is 9.20. The Hall–Kier alpha value is -3.32.